The molecule has 2 N–H and O–H groups in total. The second-order valence-electron chi connectivity index (χ2n) is 7.19. The van der Waals surface area contributed by atoms with Crippen molar-refractivity contribution in [3.63, 3.8) is 0 Å². The van der Waals surface area contributed by atoms with E-state index < -0.39 is 0 Å². The van der Waals surface area contributed by atoms with Crippen molar-refractivity contribution in [1.29, 1.82) is 0 Å². The van der Waals surface area contributed by atoms with E-state index in [2.05, 4.69) is 39.7 Å². The first kappa shape index (κ1) is 19.3. The van der Waals surface area contributed by atoms with Crippen LogP contribution in [0, 0.1) is 19.8 Å². The van der Waals surface area contributed by atoms with Gasteiger partial charge in [0.1, 0.15) is 17.2 Å². The summed E-state index contributed by atoms with van der Waals surface area (Å²) in [6.45, 7) is 8.18. The molecule has 0 fully saturated rings. The zero-order chi connectivity index (χ0) is 20.5. The summed E-state index contributed by atoms with van der Waals surface area (Å²) in [5, 5.41) is 15.3. The summed E-state index contributed by atoms with van der Waals surface area (Å²) in [5.74, 6) is 0.821. The van der Waals surface area contributed by atoms with E-state index in [1.54, 1.807) is 4.68 Å². The van der Waals surface area contributed by atoms with Crippen molar-refractivity contribution in [1.82, 2.24) is 35.5 Å². The third kappa shape index (κ3) is 3.53. The van der Waals surface area contributed by atoms with E-state index in [1.165, 1.54) is 17.7 Å². The van der Waals surface area contributed by atoms with Gasteiger partial charge in [0.05, 0.1) is 22.6 Å². The fourth-order valence-corrected chi connectivity index (χ4v) is 4.41. The van der Waals surface area contributed by atoms with Crippen LogP contribution in [0.25, 0.3) is 16.0 Å². The van der Waals surface area contributed by atoms with E-state index in [0.29, 0.717) is 5.56 Å². The van der Waals surface area contributed by atoms with Crippen LogP contribution in [0.15, 0.2) is 30.6 Å². The summed E-state index contributed by atoms with van der Waals surface area (Å²) < 4.78 is 1.54. The molecule has 0 aliphatic rings. The van der Waals surface area contributed by atoms with Crippen molar-refractivity contribution < 1.29 is 4.79 Å². The Morgan fingerprint density at radius 1 is 1.31 bits per heavy atom. The number of carbonyl (C=O) groups is 1. The molecular weight excluding hydrogens is 386 g/mol. The van der Waals surface area contributed by atoms with Crippen molar-refractivity contribution in [2.75, 3.05) is 0 Å². The minimum absolute atomic E-state index is 0.150. The highest BCUT2D eigenvalue weighted by atomic mass is 32.1. The third-order valence-corrected chi connectivity index (χ3v) is 6.55. The summed E-state index contributed by atoms with van der Waals surface area (Å²) in [7, 11) is 0. The molecule has 0 aliphatic carbocycles. The number of nitrogens with one attached hydrogen (secondary N) is 2. The lowest BCUT2D eigenvalue weighted by molar-refractivity contribution is 0.0920. The van der Waals surface area contributed by atoms with Crippen molar-refractivity contribution in [2.24, 2.45) is 5.92 Å². The van der Waals surface area contributed by atoms with Gasteiger partial charge in [-0.25, -0.2) is 4.98 Å². The van der Waals surface area contributed by atoms with Crippen molar-refractivity contribution in [3.8, 4) is 5.00 Å². The van der Waals surface area contributed by atoms with Gasteiger partial charge in [0.2, 0.25) is 0 Å². The maximum absolute atomic E-state index is 13.4. The van der Waals surface area contributed by atoms with Crippen LogP contribution in [0.4, 0.5) is 0 Å². The smallest absolute Gasteiger partial charge is 0.255 e. The summed E-state index contributed by atoms with van der Waals surface area (Å²) in [6.07, 6.45) is 2.41. The van der Waals surface area contributed by atoms with Gasteiger partial charge in [-0.1, -0.05) is 32.4 Å². The van der Waals surface area contributed by atoms with Crippen LogP contribution in [-0.4, -0.2) is 36.1 Å². The Kier molecular flexibility index (Phi) is 5.14. The van der Waals surface area contributed by atoms with Gasteiger partial charge in [-0.15, -0.1) is 16.4 Å². The van der Waals surface area contributed by atoms with Crippen molar-refractivity contribution in [3.05, 3.63) is 52.4 Å². The van der Waals surface area contributed by atoms with E-state index in [-0.39, 0.29) is 17.9 Å². The molecule has 9 heteroatoms. The van der Waals surface area contributed by atoms with Crippen LogP contribution in [0.3, 0.4) is 0 Å². The van der Waals surface area contributed by atoms with Gasteiger partial charge < -0.3 is 10.3 Å². The number of benzene rings is 1. The van der Waals surface area contributed by atoms with Gasteiger partial charge >= 0.3 is 0 Å². The lowest BCUT2D eigenvalue weighted by Crippen LogP contribution is -2.34. The highest BCUT2D eigenvalue weighted by molar-refractivity contribution is 7.15. The number of aromatic amines is 1. The van der Waals surface area contributed by atoms with Crippen LogP contribution in [0.1, 0.15) is 52.9 Å². The second-order valence-corrected chi connectivity index (χ2v) is 8.40. The normalized spacial score (nSPS) is 13.5. The second kappa shape index (κ2) is 7.75. The highest BCUT2D eigenvalue weighted by Crippen LogP contribution is 2.32. The average Bonchev–Trinajstić information content (AvgIpc) is 3.45. The molecule has 29 heavy (non-hydrogen) atoms. The summed E-state index contributed by atoms with van der Waals surface area (Å²) in [5.41, 5.74) is 3.39. The van der Waals surface area contributed by atoms with Gasteiger partial charge in [-0.2, -0.15) is 4.68 Å². The number of imidazole rings is 1. The number of hydrogen-bond donors (Lipinski definition) is 2. The molecule has 0 saturated carbocycles. The lowest BCUT2D eigenvalue weighted by atomic mass is 9.98. The van der Waals surface area contributed by atoms with Gasteiger partial charge in [0.25, 0.3) is 5.91 Å². The SMILES string of the molecule is CCC(C)C(NC(=O)c1c(-n2cnnn2)sc(C)c1C)c1nc2ccccc2[nH]1. The van der Waals surface area contributed by atoms with Gasteiger partial charge in [0, 0.05) is 4.88 Å². The Morgan fingerprint density at radius 3 is 2.79 bits per heavy atom. The third-order valence-electron chi connectivity index (χ3n) is 5.35. The number of amides is 1. The minimum atomic E-state index is -0.235. The van der Waals surface area contributed by atoms with Crippen LogP contribution >= 0.6 is 11.3 Å². The molecule has 8 nitrogen and oxygen atoms in total. The number of nitrogens with zero attached hydrogens (tertiary/aromatic N) is 5. The Labute approximate surface area is 172 Å². The number of H-pyrrole nitrogens is 1. The van der Waals surface area contributed by atoms with E-state index in [9.17, 15) is 4.79 Å². The van der Waals surface area contributed by atoms with Gasteiger partial charge in [0.15, 0.2) is 0 Å². The van der Waals surface area contributed by atoms with Crippen LogP contribution in [0.2, 0.25) is 0 Å². The standard InChI is InChI=1S/C20H23N7OS/c1-5-11(2)17(18-22-14-8-6-7-9-15(14)23-18)24-19(28)16-12(3)13(4)29-20(16)27-10-21-25-26-27/h6-11,17H,5H2,1-4H3,(H,22,23)(H,24,28). The van der Waals surface area contributed by atoms with Gasteiger partial charge in [-0.3, -0.25) is 4.79 Å². The molecule has 1 aromatic carbocycles. The molecule has 4 rings (SSSR count). The number of rotatable bonds is 6. The molecule has 3 aromatic heterocycles. The van der Waals surface area contributed by atoms with Crippen LogP contribution in [-0.2, 0) is 0 Å². The number of aryl methyl sites for hydroxylation is 1. The zero-order valence-corrected chi connectivity index (χ0v) is 17.6. The Bertz CT molecular complexity index is 1110. The molecule has 0 bridgehead atoms. The van der Waals surface area contributed by atoms with E-state index in [4.69, 9.17) is 4.98 Å². The fourth-order valence-electron chi connectivity index (χ4n) is 3.34. The molecule has 2 unspecified atom stereocenters. The lowest BCUT2D eigenvalue weighted by Gasteiger charge is -2.22. The monoisotopic (exact) mass is 409 g/mol. The maximum Gasteiger partial charge on any atom is 0.255 e. The molecule has 2 atom stereocenters. The Morgan fingerprint density at radius 2 is 2.10 bits per heavy atom. The van der Waals surface area contributed by atoms with Crippen LogP contribution < -0.4 is 5.32 Å². The molecule has 0 aliphatic heterocycles. The molecule has 1 amide bonds. The number of hydrogen-bond acceptors (Lipinski definition) is 6. The molecule has 3 heterocycles. The largest absolute Gasteiger partial charge is 0.342 e. The van der Waals surface area contributed by atoms with Crippen LogP contribution in [0.5, 0.6) is 0 Å². The minimum Gasteiger partial charge on any atom is -0.342 e. The molecule has 0 spiro atoms. The Hall–Kier alpha value is -3.07. The quantitative estimate of drug-likeness (QED) is 0.505. The maximum atomic E-state index is 13.4. The zero-order valence-electron chi connectivity index (χ0n) is 16.8. The average molecular weight is 410 g/mol. The van der Waals surface area contributed by atoms with E-state index in [0.717, 1.165) is 38.7 Å². The molecule has 150 valence electrons. The fraction of sp³-hybridized carbons (Fsp3) is 0.350. The molecular formula is C20H23N7OS. The predicted octanol–water partition coefficient (Wildman–Crippen LogP) is 3.73. The highest BCUT2D eigenvalue weighted by Gasteiger charge is 2.28. The van der Waals surface area contributed by atoms with Gasteiger partial charge in [-0.05, 0) is 47.9 Å². The number of tetrazole rings is 1. The van der Waals surface area contributed by atoms with Crippen molar-refractivity contribution >= 4 is 28.3 Å². The number of carbonyl (C=O) groups excluding carboxylic acids is 1. The number of para-hydroxylation sites is 2. The first-order valence-electron chi connectivity index (χ1n) is 9.58. The summed E-state index contributed by atoms with van der Waals surface area (Å²) >= 11 is 1.50. The number of thiophene rings is 1. The first-order valence-corrected chi connectivity index (χ1v) is 10.4. The molecule has 4 aromatic rings. The number of aromatic nitrogens is 6. The summed E-state index contributed by atoms with van der Waals surface area (Å²) in [4.78, 5) is 22.5. The molecule has 0 saturated heterocycles. The summed E-state index contributed by atoms with van der Waals surface area (Å²) in [6, 6.07) is 7.65. The van der Waals surface area contributed by atoms with E-state index >= 15 is 0 Å². The first-order chi connectivity index (χ1) is 14.0. The predicted molar refractivity (Wildman–Crippen MR) is 112 cm³/mol. The van der Waals surface area contributed by atoms with Crippen molar-refractivity contribution in [2.45, 2.75) is 40.2 Å². The topological polar surface area (TPSA) is 101 Å². The number of fused-ring (bicyclic) bond motifs is 1. The Balaban J connectivity index is 1.71. The molecule has 0 radical (unpaired) electrons. The van der Waals surface area contributed by atoms with E-state index in [1.807, 2.05) is 38.1 Å².